The zero-order valence-corrected chi connectivity index (χ0v) is 20.3. The highest BCUT2D eigenvalue weighted by molar-refractivity contribution is 6.39. The molecular weight excluding hydrogens is 446 g/mol. The van der Waals surface area contributed by atoms with E-state index in [2.05, 4.69) is 27.2 Å². The van der Waals surface area contributed by atoms with Gasteiger partial charge in [-0.3, -0.25) is 19.1 Å². The summed E-state index contributed by atoms with van der Waals surface area (Å²) >= 11 is 0. The summed E-state index contributed by atoms with van der Waals surface area (Å²) in [6.45, 7) is 6.34. The first kappa shape index (κ1) is 23.1. The number of carbonyl (C=O) groups is 3. The molecule has 10 nitrogen and oxygen atoms in total. The van der Waals surface area contributed by atoms with E-state index in [0.717, 1.165) is 24.3 Å². The molecule has 3 aliphatic heterocycles. The Morgan fingerprint density at radius 2 is 1.66 bits per heavy atom. The van der Waals surface area contributed by atoms with Crippen LogP contribution in [0.4, 0.5) is 5.69 Å². The Kier molecular flexibility index (Phi) is 6.27. The molecule has 5 rings (SSSR count). The third-order valence-corrected chi connectivity index (χ3v) is 7.07. The van der Waals surface area contributed by atoms with Crippen molar-refractivity contribution in [1.29, 1.82) is 0 Å². The van der Waals surface area contributed by atoms with Crippen molar-refractivity contribution < 1.29 is 14.4 Å². The number of carbonyl (C=O) groups excluding carboxylic acids is 3. The molecule has 0 spiro atoms. The average molecular weight is 478 g/mol. The smallest absolute Gasteiger partial charge is 0.274 e. The molecule has 0 saturated carbocycles. The third-order valence-electron chi connectivity index (χ3n) is 7.07. The van der Waals surface area contributed by atoms with Gasteiger partial charge in [0.25, 0.3) is 11.8 Å². The zero-order chi connectivity index (χ0) is 24.5. The van der Waals surface area contributed by atoms with Crippen LogP contribution in [-0.2, 0) is 29.1 Å². The first-order valence-electron chi connectivity index (χ1n) is 12.3. The first-order chi connectivity index (χ1) is 17.0. The van der Waals surface area contributed by atoms with Crippen molar-refractivity contribution in [3.05, 3.63) is 47.3 Å². The van der Waals surface area contributed by atoms with Gasteiger partial charge in [0.05, 0.1) is 6.54 Å². The number of piperazine rings is 1. The van der Waals surface area contributed by atoms with E-state index >= 15 is 0 Å². The molecule has 4 heterocycles. The van der Waals surface area contributed by atoms with Crippen molar-refractivity contribution >= 4 is 29.1 Å². The van der Waals surface area contributed by atoms with Gasteiger partial charge in [0.2, 0.25) is 5.91 Å². The van der Waals surface area contributed by atoms with Crippen molar-refractivity contribution in [2.45, 2.75) is 39.3 Å². The van der Waals surface area contributed by atoms with Crippen LogP contribution in [0.15, 0.2) is 35.4 Å². The Morgan fingerprint density at radius 1 is 0.914 bits per heavy atom. The van der Waals surface area contributed by atoms with Crippen LogP contribution >= 0.6 is 0 Å². The fourth-order valence-electron chi connectivity index (χ4n) is 5.06. The summed E-state index contributed by atoms with van der Waals surface area (Å²) in [6, 6.07) is 10.2. The number of nitrogens with zero attached hydrogens (tertiary/aromatic N) is 7. The van der Waals surface area contributed by atoms with E-state index < -0.39 is 0 Å². The molecule has 10 heteroatoms. The van der Waals surface area contributed by atoms with Crippen LogP contribution in [0, 0.1) is 0 Å². The van der Waals surface area contributed by atoms with E-state index in [-0.39, 0.29) is 24.1 Å². The molecule has 0 radical (unpaired) electrons. The second-order valence-electron chi connectivity index (χ2n) is 9.15. The van der Waals surface area contributed by atoms with Gasteiger partial charge in [-0.15, -0.1) is 0 Å². The second-order valence-corrected chi connectivity index (χ2v) is 9.15. The molecular formula is C25H31N7O3. The van der Waals surface area contributed by atoms with Gasteiger partial charge in [0.1, 0.15) is 5.71 Å². The Labute approximate surface area is 204 Å². The van der Waals surface area contributed by atoms with Crippen LogP contribution in [-0.4, -0.2) is 87.8 Å². The van der Waals surface area contributed by atoms with Gasteiger partial charge in [-0.2, -0.15) is 10.2 Å². The third kappa shape index (κ3) is 4.40. The summed E-state index contributed by atoms with van der Waals surface area (Å²) in [4.78, 5) is 44.4. The largest absolute Gasteiger partial charge is 0.368 e. The van der Waals surface area contributed by atoms with Crippen LogP contribution in [0.25, 0.3) is 0 Å². The molecule has 0 bridgehead atoms. The van der Waals surface area contributed by atoms with Crippen LogP contribution in [0.3, 0.4) is 0 Å². The van der Waals surface area contributed by atoms with Gasteiger partial charge in [-0.05, 0) is 19.1 Å². The molecule has 2 aromatic rings. The number of hydrazone groups is 1. The predicted octanol–water partition coefficient (Wildman–Crippen LogP) is 1.36. The average Bonchev–Trinajstić information content (AvgIpc) is 3.28. The van der Waals surface area contributed by atoms with Crippen LogP contribution in [0.2, 0.25) is 0 Å². The highest BCUT2D eigenvalue weighted by atomic mass is 16.2. The van der Waals surface area contributed by atoms with Crippen molar-refractivity contribution in [2.75, 3.05) is 44.7 Å². The van der Waals surface area contributed by atoms with Gasteiger partial charge >= 0.3 is 0 Å². The predicted molar refractivity (Wildman–Crippen MR) is 131 cm³/mol. The summed E-state index contributed by atoms with van der Waals surface area (Å²) in [5.41, 5.74) is 3.87. The van der Waals surface area contributed by atoms with Crippen molar-refractivity contribution in [3.63, 3.8) is 0 Å². The van der Waals surface area contributed by atoms with Crippen molar-refractivity contribution in [3.8, 4) is 0 Å². The lowest BCUT2D eigenvalue weighted by Crippen LogP contribution is -2.49. The number of benzene rings is 1. The summed E-state index contributed by atoms with van der Waals surface area (Å²) < 4.78 is 1.90. The van der Waals surface area contributed by atoms with Gasteiger partial charge < -0.3 is 14.7 Å². The highest BCUT2D eigenvalue weighted by Gasteiger charge is 2.34. The molecule has 0 aliphatic carbocycles. The zero-order valence-electron chi connectivity index (χ0n) is 20.3. The molecule has 35 heavy (non-hydrogen) atoms. The molecule has 1 saturated heterocycles. The van der Waals surface area contributed by atoms with Crippen LogP contribution in [0.5, 0.6) is 0 Å². The van der Waals surface area contributed by atoms with Crippen LogP contribution < -0.4 is 4.90 Å². The normalized spacial score (nSPS) is 18.5. The quantitative estimate of drug-likeness (QED) is 0.663. The number of aromatic nitrogens is 2. The summed E-state index contributed by atoms with van der Waals surface area (Å²) in [5, 5.41) is 10.1. The van der Waals surface area contributed by atoms with Gasteiger partial charge in [-0.25, -0.2) is 5.01 Å². The Balaban J connectivity index is 1.32. The van der Waals surface area contributed by atoms with E-state index in [1.807, 2.05) is 34.7 Å². The molecule has 0 N–H and O–H groups in total. The minimum atomic E-state index is -0.172. The lowest BCUT2D eigenvalue weighted by molar-refractivity contribution is -0.130. The maximum absolute atomic E-state index is 13.6. The Morgan fingerprint density at radius 3 is 2.34 bits per heavy atom. The molecule has 1 aromatic heterocycles. The SMILES string of the molecule is CCn1nc(C(=O)N2CCN(c3ccccc3)CC2)c2c1CCN(C(=O)C1=NN(C)C(=O)CC1)C2. The standard InChI is InChI=1S/C25H31N7O3/c1-3-32-21-11-12-31(24(34)20-9-10-22(33)28(2)26-20)17-19(21)23(27-32)25(35)30-15-13-29(14-16-30)18-7-5-4-6-8-18/h4-8H,3,9-17H2,1-2H3. The topological polar surface area (TPSA) is 94.3 Å². The maximum Gasteiger partial charge on any atom is 0.274 e. The summed E-state index contributed by atoms with van der Waals surface area (Å²) in [5.74, 6) is -0.336. The number of fused-ring (bicyclic) bond motifs is 1. The first-order valence-corrected chi connectivity index (χ1v) is 12.3. The lowest BCUT2D eigenvalue weighted by atomic mass is 10.0. The number of anilines is 1. The minimum absolute atomic E-state index is 0.0733. The molecule has 3 amide bonds. The van der Waals surface area contributed by atoms with Gasteiger partial charge in [-0.1, -0.05) is 18.2 Å². The number of para-hydroxylation sites is 1. The Bertz CT molecular complexity index is 1170. The molecule has 3 aliphatic rings. The van der Waals surface area contributed by atoms with E-state index in [0.29, 0.717) is 57.0 Å². The van der Waals surface area contributed by atoms with Crippen molar-refractivity contribution in [1.82, 2.24) is 24.6 Å². The fourth-order valence-corrected chi connectivity index (χ4v) is 5.06. The molecule has 0 atom stereocenters. The number of rotatable bonds is 4. The lowest BCUT2D eigenvalue weighted by Gasteiger charge is -2.36. The van der Waals surface area contributed by atoms with E-state index in [9.17, 15) is 14.4 Å². The minimum Gasteiger partial charge on any atom is -0.368 e. The fraction of sp³-hybridized carbons (Fsp3) is 0.480. The van der Waals surface area contributed by atoms with E-state index in [1.54, 1.807) is 11.9 Å². The van der Waals surface area contributed by atoms with Gasteiger partial charge in [0.15, 0.2) is 5.69 Å². The number of hydrogen-bond acceptors (Lipinski definition) is 6. The van der Waals surface area contributed by atoms with Crippen LogP contribution in [0.1, 0.15) is 41.5 Å². The second kappa shape index (κ2) is 9.52. The van der Waals surface area contributed by atoms with Crippen molar-refractivity contribution in [2.24, 2.45) is 5.10 Å². The molecule has 184 valence electrons. The van der Waals surface area contributed by atoms with E-state index in [4.69, 9.17) is 0 Å². The van der Waals surface area contributed by atoms with E-state index in [1.165, 1.54) is 10.7 Å². The monoisotopic (exact) mass is 477 g/mol. The molecule has 1 aromatic carbocycles. The highest BCUT2D eigenvalue weighted by Crippen LogP contribution is 2.26. The maximum atomic E-state index is 13.6. The number of amides is 3. The molecule has 1 fully saturated rings. The summed E-state index contributed by atoms with van der Waals surface area (Å²) in [7, 11) is 1.57. The number of aryl methyl sites for hydroxylation is 1. The van der Waals surface area contributed by atoms with Gasteiger partial charge in [0, 0.05) is 82.5 Å². The Hall–Kier alpha value is -3.69. The number of hydrogen-bond donors (Lipinski definition) is 0. The molecule has 0 unspecified atom stereocenters. The summed E-state index contributed by atoms with van der Waals surface area (Å²) in [6.07, 6.45) is 1.27.